The SMILES string of the molecule is N#CCCCNC(=O)c1ccccc1O. The van der Waals surface area contributed by atoms with Crippen LogP contribution in [0.25, 0.3) is 0 Å². The lowest BCUT2D eigenvalue weighted by molar-refractivity contribution is 0.0950. The fraction of sp³-hybridized carbons (Fsp3) is 0.273. The number of rotatable bonds is 4. The number of amides is 1. The van der Waals surface area contributed by atoms with Gasteiger partial charge in [0.05, 0.1) is 11.6 Å². The Morgan fingerprint density at radius 3 is 2.87 bits per heavy atom. The number of aromatic hydroxyl groups is 1. The first-order valence-corrected chi connectivity index (χ1v) is 4.69. The van der Waals surface area contributed by atoms with Gasteiger partial charge in [-0.05, 0) is 18.6 Å². The molecule has 0 aliphatic rings. The van der Waals surface area contributed by atoms with Crippen LogP contribution in [0, 0.1) is 11.3 Å². The molecule has 0 aliphatic heterocycles. The molecule has 78 valence electrons. The van der Waals surface area contributed by atoms with Gasteiger partial charge in [-0.1, -0.05) is 12.1 Å². The number of phenols is 1. The normalized spacial score (nSPS) is 9.27. The molecule has 0 aromatic heterocycles. The Balaban J connectivity index is 2.48. The van der Waals surface area contributed by atoms with Gasteiger partial charge in [0, 0.05) is 13.0 Å². The molecule has 0 radical (unpaired) electrons. The van der Waals surface area contributed by atoms with Crippen molar-refractivity contribution in [3.05, 3.63) is 29.8 Å². The van der Waals surface area contributed by atoms with Crippen molar-refractivity contribution >= 4 is 5.91 Å². The molecule has 1 aromatic rings. The van der Waals surface area contributed by atoms with Crippen LogP contribution in [-0.2, 0) is 0 Å². The number of nitrogens with one attached hydrogen (secondary N) is 1. The molecule has 4 nitrogen and oxygen atoms in total. The predicted molar refractivity (Wildman–Crippen MR) is 55.3 cm³/mol. The van der Waals surface area contributed by atoms with Crippen molar-refractivity contribution in [2.75, 3.05) is 6.54 Å². The number of nitriles is 1. The van der Waals surface area contributed by atoms with Crippen LogP contribution >= 0.6 is 0 Å². The number of carbonyl (C=O) groups excluding carboxylic acids is 1. The molecule has 1 aromatic carbocycles. The molecule has 0 fully saturated rings. The van der Waals surface area contributed by atoms with Crippen molar-refractivity contribution in [3.8, 4) is 11.8 Å². The average molecular weight is 204 g/mol. The summed E-state index contributed by atoms with van der Waals surface area (Å²) in [5, 5.41) is 20.3. The van der Waals surface area contributed by atoms with Crippen LogP contribution in [0.2, 0.25) is 0 Å². The maximum atomic E-state index is 11.5. The Morgan fingerprint density at radius 1 is 1.47 bits per heavy atom. The molecule has 0 saturated carbocycles. The Labute approximate surface area is 88.2 Å². The van der Waals surface area contributed by atoms with Gasteiger partial charge < -0.3 is 10.4 Å². The first kappa shape index (κ1) is 11.1. The summed E-state index contributed by atoms with van der Waals surface area (Å²) < 4.78 is 0. The maximum absolute atomic E-state index is 11.5. The van der Waals surface area contributed by atoms with Crippen molar-refractivity contribution in [1.82, 2.24) is 5.32 Å². The second kappa shape index (κ2) is 5.66. The molecular formula is C11H12N2O2. The van der Waals surface area contributed by atoms with Gasteiger partial charge in [0.15, 0.2) is 0 Å². The highest BCUT2D eigenvalue weighted by atomic mass is 16.3. The molecule has 0 heterocycles. The highest BCUT2D eigenvalue weighted by Gasteiger charge is 2.08. The molecular weight excluding hydrogens is 192 g/mol. The number of benzene rings is 1. The van der Waals surface area contributed by atoms with Crippen molar-refractivity contribution in [1.29, 1.82) is 5.26 Å². The zero-order valence-electron chi connectivity index (χ0n) is 8.23. The smallest absolute Gasteiger partial charge is 0.255 e. The van der Waals surface area contributed by atoms with E-state index < -0.39 is 0 Å². The minimum Gasteiger partial charge on any atom is -0.507 e. The van der Waals surface area contributed by atoms with Gasteiger partial charge in [-0.25, -0.2) is 0 Å². The van der Waals surface area contributed by atoms with E-state index in [9.17, 15) is 9.90 Å². The van der Waals surface area contributed by atoms with Crippen molar-refractivity contribution in [3.63, 3.8) is 0 Å². The molecule has 0 unspecified atom stereocenters. The topological polar surface area (TPSA) is 73.1 Å². The summed E-state index contributed by atoms with van der Waals surface area (Å²) in [5.74, 6) is -0.346. The fourth-order valence-corrected chi connectivity index (χ4v) is 1.13. The summed E-state index contributed by atoms with van der Waals surface area (Å²) in [6.07, 6.45) is 1.04. The number of hydrogen-bond acceptors (Lipinski definition) is 3. The summed E-state index contributed by atoms with van der Waals surface area (Å²) >= 11 is 0. The summed E-state index contributed by atoms with van der Waals surface area (Å²) in [6.45, 7) is 0.445. The van der Waals surface area contributed by atoms with Gasteiger partial charge >= 0.3 is 0 Å². The molecule has 1 rings (SSSR count). The van der Waals surface area contributed by atoms with Crippen LogP contribution in [0.15, 0.2) is 24.3 Å². The van der Waals surface area contributed by atoms with Crippen molar-refractivity contribution in [2.24, 2.45) is 0 Å². The van der Waals surface area contributed by atoms with E-state index >= 15 is 0 Å². The number of nitrogens with zero attached hydrogens (tertiary/aromatic N) is 1. The minimum absolute atomic E-state index is 0.0321. The molecule has 4 heteroatoms. The second-order valence-corrected chi connectivity index (χ2v) is 3.03. The van der Waals surface area contributed by atoms with Gasteiger partial charge in [0.2, 0.25) is 0 Å². The maximum Gasteiger partial charge on any atom is 0.255 e. The van der Waals surface area contributed by atoms with Crippen LogP contribution in [0.1, 0.15) is 23.2 Å². The number of para-hydroxylation sites is 1. The van der Waals surface area contributed by atoms with Crippen molar-refractivity contribution in [2.45, 2.75) is 12.8 Å². The van der Waals surface area contributed by atoms with Crippen LogP contribution in [0.4, 0.5) is 0 Å². The van der Waals surface area contributed by atoms with E-state index in [-0.39, 0.29) is 17.2 Å². The monoisotopic (exact) mass is 204 g/mol. The van der Waals surface area contributed by atoms with E-state index in [1.165, 1.54) is 6.07 Å². The fourth-order valence-electron chi connectivity index (χ4n) is 1.13. The second-order valence-electron chi connectivity index (χ2n) is 3.03. The van der Waals surface area contributed by atoms with E-state index in [0.29, 0.717) is 19.4 Å². The van der Waals surface area contributed by atoms with Crippen LogP contribution < -0.4 is 5.32 Å². The lowest BCUT2D eigenvalue weighted by Crippen LogP contribution is -2.24. The molecule has 0 bridgehead atoms. The quantitative estimate of drug-likeness (QED) is 0.728. The van der Waals surface area contributed by atoms with Gasteiger partial charge in [-0.15, -0.1) is 0 Å². The lowest BCUT2D eigenvalue weighted by atomic mass is 10.2. The molecule has 0 saturated heterocycles. The third kappa shape index (κ3) is 3.31. The zero-order valence-corrected chi connectivity index (χ0v) is 8.23. The van der Waals surface area contributed by atoms with Crippen LogP contribution in [0.5, 0.6) is 5.75 Å². The summed E-state index contributed by atoms with van der Waals surface area (Å²) in [6, 6.07) is 8.34. The average Bonchev–Trinajstić information content (AvgIpc) is 2.25. The van der Waals surface area contributed by atoms with E-state index in [4.69, 9.17) is 5.26 Å². The van der Waals surface area contributed by atoms with Crippen LogP contribution in [-0.4, -0.2) is 17.6 Å². The number of hydrogen-bond donors (Lipinski definition) is 2. The lowest BCUT2D eigenvalue weighted by Gasteiger charge is -2.04. The summed E-state index contributed by atoms with van der Waals surface area (Å²) in [4.78, 5) is 11.5. The minimum atomic E-state index is -0.314. The van der Waals surface area contributed by atoms with E-state index in [1.54, 1.807) is 18.2 Å². The van der Waals surface area contributed by atoms with Gasteiger partial charge in [0.25, 0.3) is 5.91 Å². The van der Waals surface area contributed by atoms with E-state index in [2.05, 4.69) is 5.32 Å². The Morgan fingerprint density at radius 2 is 2.20 bits per heavy atom. The predicted octanol–water partition coefficient (Wildman–Crippen LogP) is 1.43. The molecule has 1 amide bonds. The first-order valence-electron chi connectivity index (χ1n) is 4.69. The Bertz CT molecular complexity index is 382. The van der Waals surface area contributed by atoms with E-state index in [1.807, 2.05) is 6.07 Å². The number of carbonyl (C=O) groups is 1. The molecule has 15 heavy (non-hydrogen) atoms. The van der Waals surface area contributed by atoms with Gasteiger partial charge in [-0.3, -0.25) is 4.79 Å². The molecule has 0 aliphatic carbocycles. The van der Waals surface area contributed by atoms with Gasteiger partial charge in [-0.2, -0.15) is 5.26 Å². The van der Waals surface area contributed by atoms with E-state index in [0.717, 1.165) is 0 Å². The molecule has 0 atom stereocenters. The summed E-state index contributed by atoms with van der Waals surface area (Å²) in [5.41, 5.74) is 0.259. The standard InChI is InChI=1S/C11H12N2O2/c12-7-3-4-8-13-11(15)9-5-1-2-6-10(9)14/h1-2,5-6,14H,3-4,8H2,(H,13,15). The number of unbranched alkanes of at least 4 members (excludes halogenated alkanes) is 1. The first-order chi connectivity index (χ1) is 7.25. The highest BCUT2D eigenvalue weighted by molar-refractivity contribution is 5.96. The van der Waals surface area contributed by atoms with Gasteiger partial charge in [0.1, 0.15) is 5.75 Å². The highest BCUT2D eigenvalue weighted by Crippen LogP contribution is 2.14. The van der Waals surface area contributed by atoms with Crippen LogP contribution in [0.3, 0.4) is 0 Å². The number of phenolic OH excluding ortho intramolecular Hbond substituents is 1. The third-order valence-electron chi connectivity index (χ3n) is 1.90. The Hall–Kier alpha value is -2.02. The van der Waals surface area contributed by atoms with Crippen molar-refractivity contribution < 1.29 is 9.90 Å². The third-order valence-corrected chi connectivity index (χ3v) is 1.90. The Kier molecular flexibility index (Phi) is 4.17. The zero-order chi connectivity index (χ0) is 11.1. The molecule has 0 spiro atoms. The summed E-state index contributed by atoms with van der Waals surface area (Å²) in [7, 11) is 0. The molecule has 2 N–H and O–H groups in total. The largest absolute Gasteiger partial charge is 0.507 e.